The van der Waals surface area contributed by atoms with E-state index in [2.05, 4.69) is 10.3 Å². The van der Waals surface area contributed by atoms with Gasteiger partial charge in [0.15, 0.2) is 16.3 Å². The van der Waals surface area contributed by atoms with Crippen LogP contribution in [0.25, 0.3) is 11.2 Å². The van der Waals surface area contributed by atoms with Gasteiger partial charge in [-0.25, -0.2) is 9.78 Å². The maximum Gasteiger partial charge on any atom is 0.332 e. The van der Waals surface area contributed by atoms with Crippen molar-refractivity contribution in [2.45, 2.75) is 32.0 Å². The zero-order chi connectivity index (χ0) is 20.4. The lowest BCUT2D eigenvalue weighted by Crippen LogP contribution is -2.37. The van der Waals surface area contributed by atoms with Crippen LogP contribution in [-0.2, 0) is 25.4 Å². The van der Waals surface area contributed by atoms with Crippen molar-refractivity contribution in [1.82, 2.24) is 18.7 Å². The number of nitrogens with zero attached hydrogens (tertiary/aromatic N) is 4. The van der Waals surface area contributed by atoms with Crippen LogP contribution >= 0.6 is 11.8 Å². The molecule has 2 heterocycles. The number of nitrogens with one attached hydrogen (secondary N) is 1. The Bertz CT molecular complexity index is 1140. The Morgan fingerprint density at radius 3 is 2.46 bits per heavy atom. The number of imidazole rings is 1. The molecule has 2 aromatic heterocycles. The van der Waals surface area contributed by atoms with Crippen molar-refractivity contribution in [1.29, 1.82) is 0 Å². The molecule has 0 radical (unpaired) electrons. The average Bonchev–Trinajstić information content (AvgIpc) is 3.04. The average molecular weight is 401 g/mol. The number of thioether (sulfide) groups is 1. The van der Waals surface area contributed by atoms with Gasteiger partial charge in [-0.1, -0.05) is 36.4 Å². The highest BCUT2D eigenvalue weighted by molar-refractivity contribution is 7.99. The van der Waals surface area contributed by atoms with E-state index in [1.54, 1.807) is 11.6 Å². The normalized spacial score (nSPS) is 11.1. The second kappa shape index (κ2) is 8.05. The van der Waals surface area contributed by atoms with E-state index in [4.69, 9.17) is 0 Å². The van der Waals surface area contributed by atoms with Crippen molar-refractivity contribution in [3.63, 3.8) is 0 Å². The van der Waals surface area contributed by atoms with E-state index in [0.717, 1.165) is 22.2 Å². The Morgan fingerprint density at radius 2 is 1.82 bits per heavy atom. The first-order valence-electron chi connectivity index (χ1n) is 8.99. The highest BCUT2D eigenvalue weighted by atomic mass is 32.2. The number of carbonyl (C=O) groups excluding carboxylic acids is 1. The third kappa shape index (κ3) is 3.75. The second-order valence-electron chi connectivity index (χ2n) is 6.63. The molecule has 0 unspecified atom stereocenters. The molecule has 0 saturated carbocycles. The van der Waals surface area contributed by atoms with E-state index in [1.165, 1.54) is 23.4 Å². The molecule has 0 bridgehead atoms. The maximum absolute atomic E-state index is 12.6. The Balaban J connectivity index is 1.89. The van der Waals surface area contributed by atoms with Crippen LogP contribution < -0.4 is 16.6 Å². The third-order valence-corrected chi connectivity index (χ3v) is 5.40. The van der Waals surface area contributed by atoms with Crippen molar-refractivity contribution in [2.24, 2.45) is 14.1 Å². The van der Waals surface area contributed by atoms with Crippen molar-refractivity contribution in [3.8, 4) is 0 Å². The Kier molecular flexibility index (Phi) is 5.73. The van der Waals surface area contributed by atoms with Crippen molar-refractivity contribution in [3.05, 3.63) is 50.7 Å². The summed E-state index contributed by atoms with van der Waals surface area (Å²) < 4.78 is 4.23. The molecule has 0 aliphatic heterocycles. The van der Waals surface area contributed by atoms with Crippen LogP contribution in [0.4, 0.5) is 5.69 Å². The summed E-state index contributed by atoms with van der Waals surface area (Å²) in [6, 6.07) is 7.56. The second-order valence-corrected chi connectivity index (χ2v) is 7.57. The lowest BCUT2D eigenvalue weighted by Gasteiger charge is -2.08. The summed E-state index contributed by atoms with van der Waals surface area (Å²) in [7, 11) is 3.04. The monoisotopic (exact) mass is 401 g/mol. The molecule has 0 spiro atoms. The highest BCUT2D eigenvalue weighted by Gasteiger charge is 2.19. The van der Waals surface area contributed by atoms with Gasteiger partial charge in [0.25, 0.3) is 5.56 Å². The van der Waals surface area contributed by atoms with Crippen molar-refractivity contribution < 1.29 is 4.79 Å². The van der Waals surface area contributed by atoms with Gasteiger partial charge >= 0.3 is 5.69 Å². The Labute approximate surface area is 166 Å². The maximum atomic E-state index is 12.6. The standard InChI is InChI=1S/C19H23N5O3S/c1-5-10-24-15-16(22(3)19(27)23(4)17(15)26)21-18(24)28-11-14(25)20-13-8-6-12(2)7-9-13/h6-9H,5,10-11H2,1-4H3,(H,20,25). The fourth-order valence-electron chi connectivity index (χ4n) is 2.93. The fraction of sp³-hybridized carbons (Fsp3) is 0.368. The number of aromatic nitrogens is 4. The summed E-state index contributed by atoms with van der Waals surface area (Å²) in [4.78, 5) is 41.6. The van der Waals surface area contributed by atoms with Crippen molar-refractivity contribution >= 4 is 34.5 Å². The minimum absolute atomic E-state index is 0.148. The van der Waals surface area contributed by atoms with E-state index >= 15 is 0 Å². The first-order chi connectivity index (χ1) is 13.3. The SMILES string of the molecule is CCCn1c(SCC(=O)Nc2ccc(C)cc2)nc2c1c(=O)n(C)c(=O)n2C. The predicted octanol–water partition coefficient (Wildman–Crippen LogP) is 1.88. The molecule has 0 aliphatic carbocycles. The van der Waals surface area contributed by atoms with Gasteiger partial charge in [0.05, 0.1) is 5.75 Å². The van der Waals surface area contributed by atoms with E-state index in [1.807, 2.05) is 38.1 Å². The highest BCUT2D eigenvalue weighted by Crippen LogP contribution is 2.22. The molecular weight excluding hydrogens is 378 g/mol. The summed E-state index contributed by atoms with van der Waals surface area (Å²) in [5.41, 5.74) is 1.76. The number of hydrogen-bond acceptors (Lipinski definition) is 5. The van der Waals surface area contributed by atoms with E-state index in [0.29, 0.717) is 22.9 Å². The summed E-state index contributed by atoms with van der Waals surface area (Å²) in [5.74, 6) is -0.0134. The molecule has 0 saturated heterocycles. The lowest BCUT2D eigenvalue weighted by molar-refractivity contribution is -0.113. The Hall–Kier alpha value is -2.81. The fourth-order valence-corrected chi connectivity index (χ4v) is 3.75. The first kappa shape index (κ1) is 19.9. The summed E-state index contributed by atoms with van der Waals surface area (Å²) in [5, 5.41) is 3.40. The Morgan fingerprint density at radius 1 is 1.14 bits per heavy atom. The molecule has 1 aromatic carbocycles. The molecule has 148 valence electrons. The molecule has 9 heteroatoms. The number of benzene rings is 1. The summed E-state index contributed by atoms with van der Waals surface area (Å²) in [6.07, 6.45) is 0.792. The molecule has 28 heavy (non-hydrogen) atoms. The first-order valence-corrected chi connectivity index (χ1v) is 9.97. The third-order valence-electron chi connectivity index (χ3n) is 4.43. The number of amides is 1. The van der Waals surface area contributed by atoms with Gasteiger partial charge in [-0.15, -0.1) is 0 Å². The largest absolute Gasteiger partial charge is 0.332 e. The summed E-state index contributed by atoms with van der Waals surface area (Å²) in [6.45, 7) is 4.56. The number of carbonyl (C=O) groups is 1. The molecule has 3 aromatic rings. The quantitative estimate of drug-likeness (QED) is 0.637. The zero-order valence-corrected chi connectivity index (χ0v) is 17.2. The molecule has 1 amide bonds. The van der Waals surface area contributed by atoms with Gasteiger partial charge in [-0.05, 0) is 25.5 Å². The molecule has 0 atom stereocenters. The topological polar surface area (TPSA) is 90.9 Å². The minimum Gasteiger partial charge on any atom is -0.325 e. The van der Waals surface area contributed by atoms with Gasteiger partial charge < -0.3 is 9.88 Å². The van der Waals surface area contributed by atoms with Crippen LogP contribution in [0.2, 0.25) is 0 Å². The van der Waals surface area contributed by atoms with Gasteiger partial charge in [-0.3, -0.25) is 18.7 Å². The van der Waals surface area contributed by atoms with Crippen LogP contribution in [0.5, 0.6) is 0 Å². The van der Waals surface area contributed by atoms with Crippen LogP contribution in [0.15, 0.2) is 39.0 Å². The molecule has 3 rings (SSSR count). The lowest BCUT2D eigenvalue weighted by atomic mass is 10.2. The molecule has 0 aliphatic rings. The number of fused-ring (bicyclic) bond motifs is 1. The minimum atomic E-state index is -0.424. The summed E-state index contributed by atoms with van der Waals surface area (Å²) >= 11 is 1.25. The van der Waals surface area contributed by atoms with Crippen LogP contribution in [0.3, 0.4) is 0 Å². The molecular formula is C19H23N5O3S. The van der Waals surface area contributed by atoms with E-state index in [-0.39, 0.29) is 17.2 Å². The van der Waals surface area contributed by atoms with Gasteiger partial charge in [-0.2, -0.15) is 0 Å². The smallest absolute Gasteiger partial charge is 0.325 e. The predicted molar refractivity (Wildman–Crippen MR) is 111 cm³/mol. The number of hydrogen-bond donors (Lipinski definition) is 1. The van der Waals surface area contributed by atoms with Crippen LogP contribution in [0.1, 0.15) is 18.9 Å². The van der Waals surface area contributed by atoms with E-state index in [9.17, 15) is 14.4 Å². The zero-order valence-electron chi connectivity index (χ0n) is 16.4. The van der Waals surface area contributed by atoms with Gasteiger partial charge in [0.1, 0.15) is 0 Å². The number of anilines is 1. The molecule has 0 fully saturated rings. The van der Waals surface area contributed by atoms with E-state index < -0.39 is 5.69 Å². The number of rotatable bonds is 6. The van der Waals surface area contributed by atoms with Crippen LogP contribution in [-0.4, -0.2) is 30.3 Å². The molecule has 8 nitrogen and oxygen atoms in total. The van der Waals surface area contributed by atoms with Gasteiger partial charge in [0.2, 0.25) is 5.91 Å². The van der Waals surface area contributed by atoms with Crippen LogP contribution in [0, 0.1) is 6.92 Å². The van der Waals surface area contributed by atoms with Gasteiger partial charge in [0, 0.05) is 26.3 Å². The van der Waals surface area contributed by atoms with Crippen molar-refractivity contribution in [2.75, 3.05) is 11.1 Å². The number of aryl methyl sites for hydroxylation is 3. The molecule has 1 N–H and O–H groups in total.